The zero-order valence-corrected chi connectivity index (χ0v) is 13.4. The molecule has 0 aliphatic rings. The normalized spacial score (nSPS) is 10.8. The number of nitrogens with two attached hydrogens (primary N) is 1. The molecule has 128 valence electrons. The van der Waals surface area contributed by atoms with Crippen molar-refractivity contribution in [2.24, 2.45) is 0 Å². The molecule has 0 unspecified atom stereocenters. The van der Waals surface area contributed by atoms with Crippen molar-refractivity contribution in [2.75, 3.05) is 11.1 Å². The maximum Gasteiger partial charge on any atom is 0.148 e. The first kappa shape index (κ1) is 15.9. The lowest BCUT2D eigenvalue weighted by Crippen LogP contribution is -1.99. The van der Waals surface area contributed by atoms with Gasteiger partial charge in [-0.05, 0) is 30.3 Å². The number of anilines is 3. The summed E-state index contributed by atoms with van der Waals surface area (Å²) in [5.41, 5.74) is 7.63. The Morgan fingerprint density at radius 2 is 1.73 bits per heavy atom. The first-order chi connectivity index (χ1) is 12.6. The Balaban J connectivity index is 1.75. The van der Waals surface area contributed by atoms with Gasteiger partial charge in [0.1, 0.15) is 23.8 Å². The molecule has 2 aromatic heterocycles. The summed E-state index contributed by atoms with van der Waals surface area (Å²) in [6.07, 6.45) is 2.90. The minimum absolute atomic E-state index is 0.0112. The van der Waals surface area contributed by atoms with Crippen LogP contribution >= 0.6 is 0 Å². The second-order valence-corrected chi connectivity index (χ2v) is 5.65. The number of nitrogens with one attached hydrogen (secondary N) is 1. The first-order valence-electron chi connectivity index (χ1n) is 7.79. The topological polar surface area (TPSA) is 76.7 Å². The van der Waals surface area contributed by atoms with Crippen LogP contribution in [-0.2, 0) is 0 Å². The highest BCUT2D eigenvalue weighted by Crippen LogP contribution is 2.28. The van der Waals surface area contributed by atoms with Crippen LogP contribution in [0.4, 0.5) is 26.0 Å². The second-order valence-electron chi connectivity index (χ2n) is 5.65. The zero-order valence-electron chi connectivity index (χ0n) is 13.4. The van der Waals surface area contributed by atoms with Crippen LogP contribution < -0.4 is 11.1 Å². The number of halogens is 2. The van der Waals surface area contributed by atoms with Gasteiger partial charge >= 0.3 is 0 Å². The van der Waals surface area contributed by atoms with Gasteiger partial charge in [-0.25, -0.2) is 18.7 Å². The summed E-state index contributed by atoms with van der Waals surface area (Å²) in [4.78, 5) is 12.5. The third-order valence-corrected chi connectivity index (χ3v) is 3.93. The number of fused-ring (bicyclic) bond motifs is 1. The molecule has 0 saturated heterocycles. The monoisotopic (exact) mass is 349 g/mol. The van der Waals surface area contributed by atoms with Gasteiger partial charge in [0, 0.05) is 28.9 Å². The minimum atomic E-state index is -0.534. The fraction of sp³-hybridized carbons (Fsp3) is 0. The van der Waals surface area contributed by atoms with Crippen LogP contribution in [0.2, 0.25) is 0 Å². The molecule has 3 N–H and O–H groups in total. The predicted molar refractivity (Wildman–Crippen MR) is 96.8 cm³/mol. The van der Waals surface area contributed by atoms with Crippen molar-refractivity contribution in [2.45, 2.75) is 0 Å². The molecule has 2 aromatic carbocycles. The van der Waals surface area contributed by atoms with Crippen molar-refractivity contribution in [1.29, 1.82) is 0 Å². The molecule has 0 saturated carbocycles. The lowest BCUT2D eigenvalue weighted by molar-refractivity contribution is 0.630. The average Bonchev–Trinajstić information content (AvgIpc) is 2.64. The molecule has 7 heteroatoms. The van der Waals surface area contributed by atoms with Crippen LogP contribution in [0.5, 0.6) is 0 Å². The highest BCUT2D eigenvalue weighted by Gasteiger charge is 2.10. The van der Waals surface area contributed by atoms with E-state index in [-0.39, 0.29) is 11.5 Å². The minimum Gasteiger partial charge on any atom is -0.396 e. The lowest BCUT2D eigenvalue weighted by atomic mass is 10.1. The third-order valence-electron chi connectivity index (χ3n) is 3.93. The van der Waals surface area contributed by atoms with Crippen LogP contribution in [0, 0.1) is 11.6 Å². The number of pyridine rings is 1. The van der Waals surface area contributed by atoms with Gasteiger partial charge in [-0.2, -0.15) is 0 Å². The highest BCUT2D eigenvalue weighted by molar-refractivity contribution is 5.93. The second kappa shape index (κ2) is 6.36. The number of rotatable bonds is 3. The number of hydrogen-bond donors (Lipinski definition) is 2. The smallest absolute Gasteiger partial charge is 0.148 e. The van der Waals surface area contributed by atoms with Crippen LogP contribution in [0.1, 0.15) is 0 Å². The Bertz CT molecular complexity index is 1110. The molecule has 26 heavy (non-hydrogen) atoms. The standard InChI is InChI=1S/C19H13F2N5/c20-14-4-2-1-3-12(14)17-7-11(5-6-23-17)26-19-13-8-16(22)15(21)9-18(13)24-10-25-19/h1-10H,22H2,(H,23,24,25,26). The van der Waals surface area contributed by atoms with E-state index in [1.165, 1.54) is 24.5 Å². The van der Waals surface area contributed by atoms with E-state index >= 15 is 0 Å². The van der Waals surface area contributed by atoms with Gasteiger partial charge in [0.25, 0.3) is 0 Å². The molecule has 0 atom stereocenters. The summed E-state index contributed by atoms with van der Waals surface area (Å²) in [6.45, 7) is 0. The Hall–Kier alpha value is -3.61. The zero-order chi connectivity index (χ0) is 18.1. The summed E-state index contributed by atoms with van der Waals surface area (Å²) in [7, 11) is 0. The van der Waals surface area contributed by atoms with E-state index in [1.54, 1.807) is 36.5 Å². The van der Waals surface area contributed by atoms with Crippen molar-refractivity contribution < 1.29 is 8.78 Å². The maximum absolute atomic E-state index is 14.0. The number of benzene rings is 2. The lowest BCUT2D eigenvalue weighted by Gasteiger charge is -2.10. The summed E-state index contributed by atoms with van der Waals surface area (Å²) in [5.74, 6) is -0.423. The summed E-state index contributed by atoms with van der Waals surface area (Å²) in [6, 6.07) is 12.6. The van der Waals surface area contributed by atoms with Gasteiger partial charge in [-0.3, -0.25) is 4.98 Å². The third kappa shape index (κ3) is 2.90. The molecule has 0 spiro atoms. The molecule has 0 amide bonds. The fourth-order valence-corrected chi connectivity index (χ4v) is 2.66. The number of nitrogens with zero attached hydrogens (tertiary/aromatic N) is 3. The van der Waals surface area contributed by atoms with Crippen molar-refractivity contribution >= 4 is 28.1 Å². The molecule has 4 rings (SSSR count). The van der Waals surface area contributed by atoms with Gasteiger partial charge in [-0.1, -0.05) is 12.1 Å². The molecular formula is C19H13F2N5. The van der Waals surface area contributed by atoms with Gasteiger partial charge in [-0.15, -0.1) is 0 Å². The van der Waals surface area contributed by atoms with Crippen molar-refractivity contribution in [1.82, 2.24) is 15.0 Å². The Morgan fingerprint density at radius 1 is 0.885 bits per heavy atom. The highest BCUT2D eigenvalue weighted by atomic mass is 19.1. The van der Waals surface area contributed by atoms with Crippen molar-refractivity contribution in [3.63, 3.8) is 0 Å². The number of nitrogen functional groups attached to an aromatic ring is 1. The molecule has 5 nitrogen and oxygen atoms in total. The van der Waals surface area contributed by atoms with E-state index in [1.807, 2.05) is 0 Å². The Morgan fingerprint density at radius 3 is 2.58 bits per heavy atom. The molecule has 2 heterocycles. The molecule has 0 aliphatic carbocycles. The number of aromatic nitrogens is 3. The Labute approximate surface area is 147 Å². The summed E-state index contributed by atoms with van der Waals surface area (Å²) < 4.78 is 27.6. The van der Waals surface area contributed by atoms with Gasteiger partial charge < -0.3 is 11.1 Å². The summed E-state index contributed by atoms with van der Waals surface area (Å²) >= 11 is 0. The fourth-order valence-electron chi connectivity index (χ4n) is 2.66. The van der Waals surface area contributed by atoms with Gasteiger partial charge in [0.15, 0.2) is 0 Å². The van der Waals surface area contributed by atoms with Crippen LogP contribution in [0.15, 0.2) is 61.1 Å². The maximum atomic E-state index is 14.0. The van der Waals surface area contributed by atoms with Crippen LogP contribution in [0.3, 0.4) is 0 Å². The molecule has 0 bridgehead atoms. The molecule has 0 fully saturated rings. The van der Waals surface area contributed by atoms with E-state index in [2.05, 4.69) is 20.3 Å². The molecule has 4 aromatic rings. The Kier molecular flexibility index (Phi) is 3.89. The first-order valence-corrected chi connectivity index (χ1v) is 7.79. The van der Waals surface area contributed by atoms with E-state index < -0.39 is 5.82 Å². The van der Waals surface area contributed by atoms with E-state index in [0.29, 0.717) is 33.7 Å². The predicted octanol–water partition coefficient (Wildman–Crippen LogP) is 4.30. The van der Waals surface area contributed by atoms with Gasteiger partial charge in [0.05, 0.1) is 16.9 Å². The SMILES string of the molecule is Nc1cc2c(Nc3ccnc(-c4ccccc4F)c3)ncnc2cc1F. The van der Waals surface area contributed by atoms with Gasteiger partial charge in [0.2, 0.25) is 0 Å². The average molecular weight is 349 g/mol. The largest absolute Gasteiger partial charge is 0.396 e. The summed E-state index contributed by atoms with van der Waals surface area (Å²) in [5, 5.41) is 3.71. The van der Waals surface area contributed by atoms with E-state index in [4.69, 9.17) is 5.73 Å². The number of hydrogen-bond acceptors (Lipinski definition) is 5. The van der Waals surface area contributed by atoms with E-state index in [0.717, 1.165) is 0 Å². The molecule has 0 aliphatic heterocycles. The van der Waals surface area contributed by atoms with E-state index in [9.17, 15) is 8.78 Å². The van der Waals surface area contributed by atoms with Crippen molar-refractivity contribution in [3.05, 3.63) is 72.7 Å². The van der Waals surface area contributed by atoms with Crippen LogP contribution in [-0.4, -0.2) is 15.0 Å². The van der Waals surface area contributed by atoms with Crippen molar-refractivity contribution in [3.8, 4) is 11.3 Å². The molecule has 0 radical (unpaired) electrons. The quantitative estimate of drug-likeness (QED) is 0.539. The van der Waals surface area contributed by atoms with Crippen LogP contribution in [0.25, 0.3) is 22.2 Å². The molecular weight excluding hydrogens is 336 g/mol.